The molecule has 1 saturated carbocycles. The number of nitrogens with one attached hydrogen (secondary N) is 1. The van der Waals surface area contributed by atoms with Crippen molar-refractivity contribution in [3.63, 3.8) is 0 Å². The SMILES string of the molecule is O=C1C2CC3C(=CCC4C(=O)N(c5ccc(Cl)cc5)C(=O)C43)C(c3c(O)ccc4ccccc34)C2(c2ccc(Cl)cc2)C(=O)N1Nc1ncc(C(F)(F)F)cc1Cl. The molecule has 6 atom stereocenters. The minimum absolute atomic E-state index is 0.0813. The molecule has 4 aromatic carbocycles. The van der Waals surface area contributed by atoms with Gasteiger partial charge in [0.25, 0.3) is 11.8 Å². The largest absolute Gasteiger partial charge is 0.508 e. The lowest BCUT2D eigenvalue weighted by molar-refractivity contribution is -0.139. The van der Waals surface area contributed by atoms with Gasteiger partial charge in [0.2, 0.25) is 11.8 Å². The van der Waals surface area contributed by atoms with E-state index in [0.717, 1.165) is 10.3 Å². The van der Waals surface area contributed by atoms with Crippen molar-refractivity contribution in [2.75, 3.05) is 10.3 Å². The number of halogens is 6. The lowest BCUT2D eigenvalue weighted by Gasteiger charge is -2.51. The third-order valence-electron chi connectivity index (χ3n) is 11.9. The predicted molar refractivity (Wildman–Crippen MR) is 206 cm³/mol. The van der Waals surface area contributed by atoms with Crippen LogP contribution in [0.3, 0.4) is 0 Å². The molecule has 2 N–H and O–H groups in total. The summed E-state index contributed by atoms with van der Waals surface area (Å²) >= 11 is 18.8. The Morgan fingerprint density at radius 3 is 2.19 bits per heavy atom. The number of nitrogens with zero attached hydrogens (tertiary/aromatic N) is 3. The molecule has 4 amide bonds. The fourth-order valence-electron chi connectivity index (χ4n) is 9.53. The van der Waals surface area contributed by atoms with E-state index in [1.54, 1.807) is 66.7 Å². The molecule has 0 bridgehead atoms. The van der Waals surface area contributed by atoms with Gasteiger partial charge in [-0.1, -0.05) is 88.9 Å². The van der Waals surface area contributed by atoms with Gasteiger partial charge in [0.15, 0.2) is 5.82 Å². The fourth-order valence-corrected chi connectivity index (χ4v) is 9.99. The highest BCUT2D eigenvalue weighted by Crippen LogP contribution is 2.65. The highest BCUT2D eigenvalue weighted by atomic mass is 35.5. The lowest BCUT2D eigenvalue weighted by Crippen LogP contribution is -2.53. The minimum Gasteiger partial charge on any atom is -0.508 e. The van der Waals surface area contributed by atoms with Crippen LogP contribution in [0.2, 0.25) is 15.1 Å². The molecule has 9 nitrogen and oxygen atoms in total. The van der Waals surface area contributed by atoms with Crippen LogP contribution in [-0.2, 0) is 30.8 Å². The number of imide groups is 2. The van der Waals surface area contributed by atoms with Gasteiger partial charge in [-0.3, -0.25) is 29.5 Å². The first-order valence-corrected chi connectivity index (χ1v) is 19.0. The second-order valence-corrected chi connectivity index (χ2v) is 15.9. The maximum atomic E-state index is 15.5. The summed E-state index contributed by atoms with van der Waals surface area (Å²) < 4.78 is 40.6. The van der Waals surface area contributed by atoms with Gasteiger partial charge in [-0.2, -0.15) is 18.2 Å². The summed E-state index contributed by atoms with van der Waals surface area (Å²) in [5.41, 5.74) is 1.27. The van der Waals surface area contributed by atoms with Crippen molar-refractivity contribution in [1.82, 2.24) is 9.99 Å². The molecule has 2 aliphatic heterocycles. The monoisotopic (exact) mass is 830 g/mol. The molecule has 5 aromatic rings. The van der Waals surface area contributed by atoms with E-state index in [2.05, 4.69) is 10.4 Å². The van der Waals surface area contributed by atoms with Crippen LogP contribution in [0.1, 0.15) is 35.4 Å². The summed E-state index contributed by atoms with van der Waals surface area (Å²) in [6, 6.07) is 23.8. The molecular weight excluding hydrogens is 804 g/mol. The fraction of sp³-hybridized carbons (Fsp3) is 0.214. The number of aromatic hydroxyl groups is 1. The van der Waals surface area contributed by atoms with Gasteiger partial charge >= 0.3 is 6.18 Å². The molecule has 1 aromatic heterocycles. The van der Waals surface area contributed by atoms with Crippen LogP contribution in [0.5, 0.6) is 5.75 Å². The Bertz CT molecular complexity index is 2590. The zero-order chi connectivity index (χ0) is 40.1. The van der Waals surface area contributed by atoms with E-state index in [0.29, 0.717) is 55.1 Å². The molecule has 3 fully saturated rings. The first-order chi connectivity index (χ1) is 27.2. The minimum atomic E-state index is -4.76. The normalized spacial score (nSPS) is 25.7. The number of anilines is 2. The van der Waals surface area contributed by atoms with Crippen molar-refractivity contribution < 1.29 is 37.5 Å². The third-order valence-corrected chi connectivity index (χ3v) is 12.7. The van der Waals surface area contributed by atoms with Gasteiger partial charge in [-0.05, 0) is 83.6 Å². The number of aromatic nitrogens is 1. The molecule has 0 radical (unpaired) electrons. The van der Waals surface area contributed by atoms with Crippen LogP contribution in [-0.4, -0.2) is 38.7 Å². The number of carbonyl (C=O) groups excluding carboxylic acids is 4. The van der Waals surface area contributed by atoms with Crippen LogP contribution >= 0.6 is 34.8 Å². The molecule has 6 unspecified atom stereocenters. The predicted octanol–water partition coefficient (Wildman–Crippen LogP) is 9.11. The topological polar surface area (TPSA) is 120 Å². The molecule has 57 heavy (non-hydrogen) atoms. The average Bonchev–Trinajstić information content (AvgIpc) is 3.56. The molecule has 4 aliphatic rings. The van der Waals surface area contributed by atoms with E-state index in [9.17, 15) is 27.9 Å². The number of allylic oxidation sites excluding steroid dienone is 2. The van der Waals surface area contributed by atoms with E-state index in [-0.39, 0.29) is 24.4 Å². The number of fused-ring (bicyclic) bond motifs is 5. The van der Waals surface area contributed by atoms with Gasteiger partial charge < -0.3 is 5.11 Å². The number of phenols is 1. The molecule has 9 rings (SSSR count). The number of hydrazine groups is 1. The Kier molecular flexibility index (Phi) is 8.69. The van der Waals surface area contributed by atoms with Crippen molar-refractivity contribution in [1.29, 1.82) is 0 Å². The van der Waals surface area contributed by atoms with Crippen LogP contribution in [0, 0.1) is 23.7 Å². The highest BCUT2D eigenvalue weighted by molar-refractivity contribution is 6.33. The summed E-state index contributed by atoms with van der Waals surface area (Å²) in [5, 5.41) is 14.2. The Balaban J connectivity index is 1.27. The van der Waals surface area contributed by atoms with Gasteiger partial charge in [-0.15, -0.1) is 0 Å². The van der Waals surface area contributed by atoms with Crippen molar-refractivity contribution in [3.05, 3.63) is 141 Å². The number of hydrogen-bond donors (Lipinski definition) is 2. The van der Waals surface area contributed by atoms with E-state index in [1.165, 1.54) is 6.07 Å². The molecule has 2 aliphatic carbocycles. The standard InChI is InChI=1S/C42H28Cl3F3N4O5/c43-23-8-6-21(7-9-23)41-30(38(55)52(40(41)57)50-36-31(45)17-22(19-49-36)42(46,47)48)18-29-27(35(41)34-26-4-2-1-3-20(26)5-16-32(34)53)14-15-28-33(29)39(56)51(37(28)54)25-12-10-24(44)11-13-25/h1-14,16-17,19,28-30,33,35,53H,15,18H2,(H,49,50). The Labute approximate surface area is 337 Å². The van der Waals surface area contributed by atoms with E-state index in [4.69, 9.17) is 34.8 Å². The van der Waals surface area contributed by atoms with Crippen molar-refractivity contribution in [3.8, 4) is 5.75 Å². The second-order valence-electron chi connectivity index (χ2n) is 14.6. The maximum Gasteiger partial charge on any atom is 0.417 e. The van der Waals surface area contributed by atoms with E-state index >= 15 is 9.59 Å². The zero-order valence-electron chi connectivity index (χ0n) is 29.3. The zero-order valence-corrected chi connectivity index (χ0v) is 31.6. The highest BCUT2D eigenvalue weighted by Gasteiger charge is 2.71. The summed E-state index contributed by atoms with van der Waals surface area (Å²) in [5.74, 6) is -7.87. The van der Waals surface area contributed by atoms with Crippen LogP contribution in [0.15, 0.2) is 109 Å². The lowest BCUT2D eigenvalue weighted by atomic mass is 9.48. The molecule has 2 saturated heterocycles. The van der Waals surface area contributed by atoms with Crippen molar-refractivity contribution in [2.24, 2.45) is 23.7 Å². The number of benzene rings is 4. The van der Waals surface area contributed by atoms with Crippen molar-refractivity contribution in [2.45, 2.75) is 30.4 Å². The number of alkyl halides is 3. The molecule has 0 spiro atoms. The summed E-state index contributed by atoms with van der Waals surface area (Å²) in [6.07, 6.45) is -2.33. The number of carbonyl (C=O) groups is 4. The third kappa shape index (κ3) is 5.55. The second kappa shape index (κ2) is 13.3. The smallest absolute Gasteiger partial charge is 0.417 e. The first-order valence-electron chi connectivity index (χ1n) is 17.9. The van der Waals surface area contributed by atoms with Crippen molar-refractivity contribution >= 4 is 80.7 Å². The average molecular weight is 832 g/mol. The maximum absolute atomic E-state index is 15.5. The summed E-state index contributed by atoms with van der Waals surface area (Å²) in [6.45, 7) is 0. The van der Waals surface area contributed by atoms with Gasteiger partial charge in [0.05, 0.1) is 39.4 Å². The number of rotatable bonds is 5. The molecule has 3 heterocycles. The number of phenolic OH excluding ortho intramolecular Hbond substituents is 1. The van der Waals surface area contributed by atoms with Gasteiger partial charge in [0.1, 0.15) is 5.75 Å². The summed E-state index contributed by atoms with van der Waals surface area (Å²) in [4.78, 5) is 64.2. The van der Waals surface area contributed by atoms with Gasteiger partial charge in [0, 0.05) is 27.7 Å². The Morgan fingerprint density at radius 2 is 1.51 bits per heavy atom. The Hall–Kier alpha value is -5.43. The van der Waals surface area contributed by atoms with E-state index < -0.39 is 75.4 Å². The number of pyridine rings is 1. The first kappa shape index (κ1) is 37.2. The molecular formula is C42H28Cl3F3N4O5. The number of hydrogen-bond acceptors (Lipinski definition) is 7. The number of amides is 4. The Morgan fingerprint density at radius 1 is 0.825 bits per heavy atom. The molecule has 288 valence electrons. The quantitative estimate of drug-likeness (QED) is 0.134. The van der Waals surface area contributed by atoms with Crippen LogP contribution in [0.4, 0.5) is 24.7 Å². The van der Waals surface area contributed by atoms with E-state index in [1.807, 2.05) is 18.2 Å². The summed E-state index contributed by atoms with van der Waals surface area (Å²) in [7, 11) is 0. The van der Waals surface area contributed by atoms with Gasteiger partial charge in [-0.25, -0.2) is 4.98 Å². The van der Waals surface area contributed by atoms with Crippen LogP contribution < -0.4 is 10.3 Å². The molecule has 15 heteroatoms. The van der Waals surface area contributed by atoms with Crippen LogP contribution in [0.25, 0.3) is 10.8 Å².